The first-order chi connectivity index (χ1) is 16.7. The molecule has 0 radical (unpaired) electrons. The lowest BCUT2D eigenvalue weighted by molar-refractivity contribution is -0.144. The molecule has 184 valence electrons. The van der Waals surface area contributed by atoms with Crippen molar-refractivity contribution in [3.8, 4) is 0 Å². The number of fused-ring (bicyclic) bond motifs is 1. The molecule has 0 spiro atoms. The van der Waals surface area contributed by atoms with Crippen molar-refractivity contribution in [2.75, 3.05) is 44.2 Å². The summed E-state index contributed by atoms with van der Waals surface area (Å²) in [6.07, 6.45) is -4.12. The summed E-state index contributed by atoms with van der Waals surface area (Å²) in [5.74, 6) is -1.24. The van der Waals surface area contributed by atoms with Crippen LogP contribution >= 0.6 is 11.6 Å². The summed E-state index contributed by atoms with van der Waals surface area (Å²) in [6, 6.07) is 9.65. The van der Waals surface area contributed by atoms with E-state index in [9.17, 15) is 23.1 Å². The minimum Gasteiger partial charge on any atom is -0.390 e. The number of aliphatic hydroxyl groups excluding tert-OH is 1. The van der Waals surface area contributed by atoms with E-state index in [1.165, 1.54) is 6.20 Å². The molecule has 2 aliphatic heterocycles. The van der Waals surface area contributed by atoms with Gasteiger partial charge in [0.15, 0.2) is 5.65 Å². The van der Waals surface area contributed by atoms with Gasteiger partial charge in [-0.1, -0.05) is 11.6 Å². The van der Waals surface area contributed by atoms with Crippen molar-refractivity contribution >= 4 is 34.4 Å². The Bertz CT molecular complexity index is 1230. The van der Waals surface area contributed by atoms with E-state index in [0.29, 0.717) is 48.7 Å². The van der Waals surface area contributed by atoms with Crippen molar-refractivity contribution < 1.29 is 23.1 Å². The van der Waals surface area contributed by atoms with Gasteiger partial charge in [0, 0.05) is 56.1 Å². The number of alkyl halides is 3. The largest absolute Gasteiger partial charge is 0.451 e. The van der Waals surface area contributed by atoms with Crippen LogP contribution in [-0.4, -0.2) is 87.2 Å². The number of carbonyl (C=O) groups excluding carboxylic acids is 1. The van der Waals surface area contributed by atoms with Gasteiger partial charge in [0.05, 0.1) is 17.5 Å². The van der Waals surface area contributed by atoms with E-state index in [1.54, 1.807) is 46.2 Å². The Morgan fingerprint density at radius 1 is 1.03 bits per heavy atom. The lowest BCUT2D eigenvalue weighted by atomic mass is 10.1. The number of piperazine rings is 1. The summed E-state index contributed by atoms with van der Waals surface area (Å²) in [7, 11) is 0. The lowest BCUT2D eigenvalue weighted by Crippen LogP contribution is -2.54. The second kappa shape index (κ2) is 9.21. The van der Waals surface area contributed by atoms with Gasteiger partial charge in [0.25, 0.3) is 5.91 Å². The molecule has 1 amide bonds. The van der Waals surface area contributed by atoms with E-state index in [-0.39, 0.29) is 30.0 Å². The van der Waals surface area contributed by atoms with E-state index in [0.717, 1.165) is 0 Å². The zero-order chi connectivity index (χ0) is 24.7. The van der Waals surface area contributed by atoms with E-state index < -0.39 is 18.1 Å². The highest BCUT2D eigenvalue weighted by Gasteiger charge is 2.40. The standard InChI is InChI=1S/C23H22ClF3N6O2/c24-15-5-3-14(4-6-15)21(35)32-10-8-31(9-11-32)17-12-33(13-18(17)34)20-16-2-1-7-28-19(16)29-22(30-20)23(25,26)27/h1-7,17-18,34H,8-13H2. The maximum atomic E-state index is 13.4. The number of nitrogens with zero attached hydrogens (tertiary/aromatic N) is 6. The van der Waals surface area contributed by atoms with Crippen LogP contribution in [0.1, 0.15) is 16.2 Å². The Kier molecular flexibility index (Phi) is 6.24. The number of halogens is 4. The smallest absolute Gasteiger partial charge is 0.390 e. The Balaban J connectivity index is 1.30. The number of anilines is 1. The highest BCUT2D eigenvalue weighted by molar-refractivity contribution is 6.30. The third-order valence-corrected chi connectivity index (χ3v) is 6.68. The molecule has 1 aromatic carbocycles. The van der Waals surface area contributed by atoms with Gasteiger partial charge in [-0.3, -0.25) is 9.69 Å². The number of amides is 1. The number of pyridine rings is 1. The van der Waals surface area contributed by atoms with Crippen LogP contribution in [0.3, 0.4) is 0 Å². The van der Waals surface area contributed by atoms with Gasteiger partial charge >= 0.3 is 6.18 Å². The molecule has 0 aliphatic carbocycles. The zero-order valence-corrected chi connectivity index (χ0v) is 19.2. The number of benzene rings is 1. The molecule has 2 atom stereocenters. The molecule has 2 aromatic heterocycles. The average molecular weight is 507 g/mol. The molecule has 2 unspecified atom stereocenters. The van der Waals surface area contributed by atoms with Crippen molar-refractivity contribution in [2.45, 2.75) is 18.3 Å². The number of aromatic nitrogens is 3. The van der Waals surface area contributed by atoms with Gasteiger partial charge in [-0.25, -0.2) is 15.0 Å². The maximum Gasteiger partial charge on any atom is 0.451 e. The fourth-order valence-electron chi connectivity index (χ4n) is 4.65. The monoisotopic (exact) mass is 506 g/mol. The fraction of sp³-hybridized carbons (Fsp3) is 0.391. The molecule has 3 aromatic rings. The van der Waals surface area contributed by atoms with Crippen molar-refractivity contribution in [3.05, 3.63) is 59.0 Å². The molecule has 1 N–H and O–H groups in total. The molecule has 4 heterocycles. The zero-order valence-electron chi connectivity index (χ0n) is 18.5. The number of β-amino-alcohol motifs (C(OH)–C–C–N with tert-alkyl or cyclic N) is 1. The summed E-state index contributed by atoms with van der Waals surface area (Å²) in [4.78, 5) is 29.6. The molecule has 2 fully saturated rings. The summed E-state index contributed by atoms with van der Waals surface area (Å²) < 4.78 is 40.2. The molecule has 35 heavy (non-hydrogen) atoms. The van der Waals surface area contributed by atoms with Gasteiger partial charge in [0.1, 0.15) is 5.82 Å². The van der Waals surface area contributed by atoms with Crippen LogP contribution in [0.5, 0.6) is 0 Å². The Morgan fingerprint density at radius 2 is 1.74 bits per heavy atom. The molecule has 12 heteroatoms. The lowest BCUT2D eigenvalue weighted by Gasteiger charge is -2.38. The van der Waals surface area contributed by atoms with Gasteiger partial charge in [-0.2, -0.15) is 13.2 Å². The van der Waals surface area contributed by atoms with Gasteiger partial charge in [-0.05, 0) is 36.4 Å². The highest BCUT2D eigenvalue weighted by atomic mass is 35.5. The van der Waals surface area contributed by atoms with E-state index in [1.807, 2.05) is 0 Å². The van der Waals surface area contributed by atoms with Crippen LogP contribution in [0, 0.1) is 0 Å². The first kappa shape index (κ1) is 23.7. The normalized spacial score (nSPS) is 21.6. The molecule has 5 rings (SSSR count). The Hall–Kier alpha value is -3.02. The summed E-state index contributed by atoms with van der Waals surface area (Å²) in [6.45, 7) is 2.45. The van der Waals surface area contributed by atoms with Crippen molar-refractivity contribution in [1.29, 1.82) is 0 Å². The third-order valence-electron chi connectivity index (χ3n) is 6.42. The number of hydrogen-bond acceptors (Lipinski definition) is 7. The van der Waals surface area contributed by atoms with Crippen LogP contribution in [0.25, 0.3) is 11.0 Å². The van der Waals surface area contributed by atoms with E-state index >= 15 is 0 Å². The maximum absolute atomic E-state index is 13.4. The molecule has 8 nitrogen and oxygen atoms in total. The van der Waals surface area contributed by atoms with E-state index in [2.05, 4.69) is 19.9 Å². The number of hydrogen-bond donors (Lipinski definition) is 1. The molecular formula is C23H22ClF3N6O2. The number of rotatable bonds is 3. The van der Waals surface area contributed by atoms with Gasteiger partial charge < -0.3 is 14.9 Å². The SMILES string of the molecule is O=C(c1ccc(Cl)cc1)N1CCN(C2CN(c3nc(C(F)(F)F)nc4ncccc34)CC2O)CC1. The Labute approximate surface area is 204 Å². The summed E-state index contributed by atoms with van der Waals surface area (Å²) in [5.41, 5.74) is 0.511. The molecule has 0 saturated carbocycles. The van der Waals surface area contributed by atoms with Crippen molar-refractivity contribution in [3.63, 3.8) is 0 Å². The summed E-state index contributed by atoms with van der Waals surface area (Å²) >= 11 is 5.90. The fourth-order valence-corrected chi connectivity index (χ4v) is 4.77. The van der Waals surface area contributed by atoms with Crippen LogP contribution in [0.2, 0.25) is 5.02 Å². The molecule has 2 aliphatic rings. The van der Waals surface area contributed by atoms with Crippen molar-refractivity contribution in [1.82, 2.24) is 24.8 Å². The molecular weight excluding hydrogens is 485 g/mol. The van der Waals surface area contributed by atoms with Crippen LogP contribution in [0.15, 0.2) is 42.6 Å². The van der Waals surface area contributed by atoms with Crippen LogP contribution in [-0.2, 0) is 6.18 Å². The second-order valence-corrected chi connectivity index (χ2v) is 9.05. The minimum absolute atomic E-state index is 0.0444. The third kappa shape index (κ3) is 4.75. The predicted molar refractivity (Wildman–Crippen MR) is 123 cm³/mol. The second-order valence-electron chi connectivity index (χ2n) is 8.62. The topological polar surface area (TPSA) is 85.7 Å². The molecule has 2 saturated heterocycles. The number of aliphatic hydroxyl groups is 1. The van der Waals surface area contributed by atoms with Crippen LogP contribution < -0.4 is 4.90 Å². The van der Waals surface area contributed by atoms with E-state index in [4.69, 9.17) is 11.6 Å². The predicted octanol–water partition coefficient (Wildman–Crippen LogP) is 2.70. The number of carbonyl (C=O) groups is 1. The Morgan fingerprint density at radius 3 is 2.43 bits per heavy atom. The average Bonchev–Trinajstić information content (AvgIpc) is 3.24. The highest BCUT2D eigenvalue weighted by Crippen LogP contribution is 2.33. The van der Waals surface area contributed by atoms with Gasteiger partial charge in [0.2, 0.25) is 5.82 Å². The first-order valence-electron chi connectivity index (χ1n) is 11.1. The first-order valence-corrected chi connectivity index (χ1v) is 11.5. The van der Waals surface area contributed by atoms with Crippen molar-refractivity contribution in [2.24, 2.45) is 0 Å². The minimum atomic E-state index is -4.72. The molecule has 0 bridgehead atoms. The van der Waals surface area contributed by atoms with Crippen LogP contribution in [0.4, 0.5) is 19.0 Å². The summed E-state index contributed by atoms with van der Waals surface area (Å²) in [5, 5.41) is 11.7. The quantitative estimate of drug-likeness (QED) is 0.584. The van der Waals surface area contributed by atoms with Gasteiger partial charge in [-0.15, -0.1) is 0 Å².